The van der Waals surface area contributed by atoms with E-state index in [4.69, 9.17) is 0 Å². The highest BCUT2D eigenvalue weighted by Crippen LogP contribution is 2.55. The summed E-state index contributed by atoms with van der Waals surface area (Å²) in [7, 11) is 0. The van der Waals surface area contributed by atoms with Crippen LogP contribution < -0.4 is 0 Å². The lowest BCUT2D eigenvalue weighted by Gasteiger charge is -2.19. The van der Waals surface area contributed by atoms with Gasteiger partial charge in [0.05, 0.1) is 5.71 Å². The molecular weight excluding hydrogens is 194 g/mol. The van der Waals surface area contributed by atoms with Crippen LogP contribution in [0.5, 0.6) is 0 Å². The average Bonchev–Trinajstić information content (AvgIpc) is 3.10. The molecule has 0 radical (unpaired) electrons. The molecule has 2 rings (SSSR count). The van der Waals surface area contributed by atoms with Crippen molar-refractivity contribution in [3.05, 3.63) is 35.5 Å². The van der Waals surface area contributed by atoms with Crippen molar-refractivity contribution in [2.45, 2.75) is 40.0 Å². The summed E-state index contributed by atoms with van der Waals surface area (Å²) in [5.74, 6) is 0. The normalized spacial score (nSPS) is 27.3. The van der Waals surface area contributed by atoms with E-state index < -0.39 is 0 Å². The molecule has 1 heteroatoms. The Bertz CT molecular complexity index is 390. The second-order valence-corrected chi connectivity index (χ2v) is 4.75. The van der Waals surface area contributed by atoms with Gasteiger partial charge in [-0.1, -0.05) is 30.7 Å². The Morgan fingerprint density at radius 1 is 1.25 bits per heavy atom. The summed E-state index contributed by atoms with van der Waals surface area (Å²) in [5.41, 5.74) is 4.58. The van der Waals surface area contributed by atoms with Crippen molar-refractivity contribution in [3.8, 4) is 0 Å². The number of hydrogen-bond acceptors (Lipinski definition) is 1. The summed E-state index contributed by atoms with van der Waals surface area (Å²) in [4.78, 5) is 4.58. The van der Waals surface area contributed by atoms with Crippen LogP contribution >= 0.6 is 0 Å². The first kappa shape index (κ1) is 11.4. The minimum absolute atomic E-state index is 0.499. The fourth-order valence-electron chi connectivity index (χ4n) is 2.53. The van der Waals surface area contributed by atoms with Crippen LogP contribution in [0.25, 0.3) is 0 Å². The Morgan fingerprint density at radius 3 is 2.50 bits per heavy atom. The van der Waals surface area contributed by atoms with Crippen LogP contribution in [-0.4, -0.2) is 12.3 Å². The molecule has 0 unspecified atom stereocenters. The molecule has 0 amide bonds. The van der Waals surface area contributed by atoms with Gasteiger partial charge in [0.2, 0.25) is 0 Å². The fraction of sp³-hybridized carbons (Fsp3) is 0.533. The lowest BCUT2D eigenvalue weighted by Crippen LogP contribution is -2.10. The minimum atomic E-state index is 0.499. The van der Waals surface area contributed by atoms with Gasteiger partial charge >= 0.3 is 0 Å². The molecule has 0 atom stereocenters. The molecule has 1 nitrogen and oxygen atoms in total. The SMILES string of the molecule is CCN=C1C=CC=C/C1=C(/C)C1(CC)CC1. The highest BCUT2D eigenvalue weighted by molar-refractivity contribution is 6.12. The van der Waals surface area contributed by atoms with Gasteiger partial charge < -0.3 is 0 Å². The zero-order valence-electron chi connectivity index (χ0n) is 10.6. The van der Waals surface area contributed by atoms with Crippen LogP contribution in [-0.2, 0) is 0 Å². The second-order valence-electron chi connectivity index (χ2n) is 4.75. The molecule has 0 aromatic heterocycles. The van der Waals surface area contributed by atoms with Crippen LogP contribution in [0.2, 0.25) is 0 Å². The molecule has 0 heterocycles. The molecule has 1 fully saturated rings. The molecule has 0 spiro atoms. The third kappa shape index (κ3) is 1.91. The van der Waals surface area contributed by atoms with Gasteiger partial charge in [0, 0.05) is 6.54 Å². The lowest BCUT2D eigenvalue weighted by molar-refractivity contribution is 0.581. The summed E-state index contributed by atoms with van der Waals surface area (Å²) in [6, 6.07) is 0. The number of hydrogen-bond donors (Lipinski definition) is 0. The van der Waals surface area contributed by atoms with Gasteiger partial charge in [-0.05, 0) is 50.2 Å². The Balaban J connectivity index is 2.37. The third-order valence-electron chi connectivity index (χ3n) is 3.96. The van der Waals surface area contributed by atoms with E-state index in [0.29, 0.717) is 5.41 Å². The summed E-state index contributed by atoms with van der Waals surface area (Å²) >= 11 is 0. The van der Waals surface area contributed by atoms with Crippen molar-refractivity contribution in [1.29, 1.82) is 0 Å². The van der Waals surface area contributed by atoms with E-state index in [-0.39, 0.29) is 0 Å². The molecule has 0 aliphatic heterocycles. The first-order valence-electron chi connectivity index (χ1n) is 6.34. The van der Waals surface area contributed by atoms with Gasteiger partial charge in [0.25, 0.3) is 0 Å². The van der Waals surface area contributed by atoms with Crippen LogP contribution in [0.3, 0.4) is 0 Å². The predicted molar refractivity (Wildman–Crippen MR) is 70.9 cm³/mol. The Hall–Kier alpha value is -1.11. The zero-order valence-corrected chi connectivity index (χ0v) is 10.6. The first-order valence-corrected chi connectivity index (χ1v) is 6.34. The quantitative estimate of drug-likeness (QED) is 0.672. The summed E-state index contributed by atoms with van der Waals surface area (Å²) in [5, 5.41) is 0. The largest absolute Gasteiger partial charge is 0.285 e. The second kappa shape index (κ2) is 4.40. The van der Waals surface area contributed by atoms with Gasteiger partial charge in [-0.3, -0.25) is 4.99 Å². The van der Waals surface area contributed by atoms with Gasteiger partial charge in [0.1, 0.15) is 0 Å². The fourth-order valence-corrected chi connectivity index (χ4v) is 2.53. The molecule has 86 valence electrons. The maximum atomic E-state index is 4.58. The number of rotatable bonds is 3. The average molecular weight is 215 g/mol. The molecule has 0 aromatic rings. The van der Waals surface area contributed by atoms with Crippen molar-refractivity contribution in [2.24, 2.45) is 10.4 Å². The van der Waals surface area contributed by atoms with Crippen LogP contribution in [0.4, 0.5) is 0 Å². The maximum Gasteiger partial charge on any atom is 0.0646 e. The molecule has 1 saturated carbocycles. The molecule has 16 heavy (non-hydrogen) atoms. The highest BCUT2D eigenvalue weighted by Gasteiger charge is 2.43. The van der Waals surface area contributed by atoms with Crippen LogP contribution in [0, 0.1) is 5.41 Å². The van der Waals surface area contributed by atoms with Crippen LogP contribution in [0.1, 0.15) is 40.0 Å². The van der Waals surface area contributed by atoms with E-state index >= 15 is 0 Å². The highest BCUT2D eigenvalue weighted by atomic mass is 14.7. The number of nitrogens with zero attached hydrogens (tertiary/aromatic N) is 1. The Kier molecular flexibility index (Phi) is 3.13. The zero-order chi connectivity index (χ0) is 11.6. The summed E-state index contributed by atoms with van der Waals surface area (Å²) in [6.07, 6.45) is 12.5. The van der Waals surface area contributed by atoms with Gasteiger partial charge in [-0.15, -0.1) is 0 Å². The first-order chi connectivity index (χ1) is 7.73. The topological polar surface area (TPSA) is 12.4 Å². The smallest absolute Gasteiger partial charge is 0.0646 e. The van der Waals surface area contributed by atoms with Crippen molar-refractivity contribution >= 4 is 5.71 Å². The molecule has 0 N–H and O–H groups in total. The van der Waals surface area contributed by atoms with Crippen LogP contribution in [0.15, 0.2) is 40.4 Å². The van der Waals surface area contributed by atoms with E-state index in [1.165, 1.54) is 30.5 Å². The third-order valence-corrected chi connectivity index (χ3v) is 3.96. The summed E-state index contributed by atoms with van der Waals surface area (Å²) < 4.78 is 0. The Morgan fingerprint density at radius 2 is 1.94 bits per heavy atom. The predicted octanol–water partition coefficient (Wildman–Crippen LogP) is 4.08. The molecule has 2 aliphatic carbocycles. The molecule has 0 saturated heterocycles. The van der Waals surface area contributed by atoms with E-state index in [2.05, 4.69) is 50.1 Å². The van der Waals surface area contributed by atoms with Crippen molar-refractivity contribution in [3.63, 3.8) is 0 Å². The van der Waals surface area contributed by atoms with Gasteiger partial charge in [-0.2, -0.15) is 0 Å². The van der Waals surface area contributed by atoms with Gasteiger partial charge in [0.15, 0.2) is 0 Å². The number of aliphatic imine (C=N–C) groups is 1. The molecule has 0 aromatic carbocycles. The summed E-state index contributed by atoms with van der Waals surface area (Å²) in [6.45, 7) is 7.55. The maximum absolute atomic E-state index is 4.58. The number of allylic oxidation sites excluding steroid dienone is 6. The minimum Gasteiger partial charge on any atom is -0.285 e. The molecule has 0 bridgehead atoms. The van der Waals surface area contributed by atoms with E-state index in [1.54, 1.807) is 5.57 Å². The van der Waals surface area contributed by atoms with E-state index in [9.17, 15) is 0 Å². The lowest BCUT2D eigenvalue weighted by atomic mass is 9.87. The molecule has 2 aliphatic rings. The van der Waals surface area contributed by atoms with Gasteiger partial charge in [-0.25, -0.2) is 0 Å². The molecular formula is C15H21N. The monoisotopic (exact) mass is 215 g/mol. The standard InChI is InChI=1S/C15H21N/c1-4-15(10-11-15)12(3)13-8-6-7-9-14(13)16-5-2/h6-9H,4-5,10-11H2,1-3H3/b13-12+,16-14?. The Labute approximate surface area is 98.7 Å². The van der Waals surface area contributed by atoms with Crippen molar-refractivity contribution in [2.75, 3.05) is 6.54 Å². The van der Waals surface area contributed by atoms with Crippen molar-refractivity contribution in [1.82, 2.24) is 0 Å². The van der Waals surface area contributed by atoms with E-state index in [1.807, 2.05) is 0 Å². The van der Waals surface area contributed by atoms with Crippen molar-refractivity contribution < 1.29 is 0 Å². The van der Waals surface area contributed by atoms with E-state index in [0.717, 1.165) is 6.54 Å².